The number of aryl methyl sites for hydroxylation is 1. The standard InChI is InChI=1S/C24H20O5/c1-16-7-9-18(10-8-16)11-12-19-13-20(26)15-21(14-19)29-24(27)22-5-3-4-6-23(22)28-17(2)25/h3-15,26H,1-2H3/b12-11+. The van der Waals surface area contributed by atoms with Crippen molar-refractivity contribution >= 4 is 24.1 Å². The predicted molar refractivity (Wildman–Crippen MR) is 111 cm³/mol. The van der Waals surface area contributed by atoms with Crippen LogP contribution in [0, 0.1) is 6.92 Å². The number of hydrogen-bond acceptors (Lipinski definition) is 5. The van der Waals surface area contributed by atoms with Gasteiger partial charge in [-0.2, -0.15) is 0 Å². The maximum Gasteiger partial charge on any atom is 0.347 e. The van der Waals surface area contributed by atoms with Crippen molar-refractivity contribution in [2.45, 2.75) is 13.8 Å². The van der Waals surface area contributed by atoms with E-state index in [9.17, 15) is 14.7 Å². The fraction of sp³-hybridized carbons (Fsp3) is 0.0833. The van der Waals surface area contributed by atoms with E-state index >= 15 is 0 Å². The molecule has 0 aromatic heterocycles. The first kappa shape index (κ1) is 19.9. The van der Waals surface area contributed by atoms with Crippen molar-refractivity contribution in [1.82, 2.24) is 0 Å². The Balaban J connectivity index is 1.81. The number of carbonyl (C=O) groups excluding carboxylic acids is 2. The molecule has 0 aliphatic heterocycles. The number of benzene rings is 3. The molecule has 0 radical (unpaired) electrons. The van der Waals surface area contributed by atoms with Gasteiger partial charge in [0, 0.05) is 13.0 Å². The molecule has 0 aliphatic rings. The number of ether oxygens (including phenoxy) is 2. The summed E-state index contributed by atoms with van der Waals surface area (Å²) in [6.45, 7) is 3.27. The number of phenolic OH excluding ortho intramolecular Hbond substituents is 1. The van der Waals surface area contributed by atoms with Gasteiger partial charge < -0.3 is 14.6 Å². The highest BCUT2D eigenvalue weighted by atomic mass is 16.5. The van der Waals surface area contributed by atoms with Gasteiger partial charge in [0.05, 0.1) is 0 Å². The van der Waals surface area contributed by atoms with Crippen molar-refractivity contribution in [3.05, 3.63) is 89.0 Å². The van der Waals surface area contributed by atoms with Gasteiger partial charge in [0.2, 0.25) is 0 Å². The molecule has 0 amide bonds. The van der Waals surface area contributed by atoms with E-state index in [-0.39, 0.29) is 22.8 Å². The van der Waals surface area contributed by atoms with Crippen molar-refractivity contribution in [3.8, 4) is 17.2 Å². The zero-order chi connectivity index (χ0) is 20.8. The van der Waals surface area contributed by atoms with E-state index < -0.39 is 11.9 Å². The van der Waals surface area contributed by atoms with E-state index in [0.717, 1.165) is 5.56 Å². The van der Waals surface area contributed by atoms with Crippen LogP contribution >= 0.6 is 0 Å². The molecule has 5 nitrogen and oxygen atoms in total. The molecule has 0 aliphatic carbocycles. The quantitative estimate of drug-likeness (QED) is 0.378. The molecule has 0 unspecified atom stereocenters. The third kappa shape index (κ3) is 5.56. The Morgan fingerprint density at radius 1 is 0.862 bits per heavy atom. The Kier molecular flexibility index (Phi) is 6.09. The summed E-state index contributed by atoms with van der Waals surface area (Å²) in [7, 11) is 0. The van der Waals surface area contributed by atoms with E-state index in [1.807, 2.05) is 43.3 Å². The summed E-state index contributed by atoms with van der Waals surface area (Å²) in [5.41, 5.74) is 2.96. The van der Waals surface area contributed by atoms with Crippen LogP contribution in [0.2, 0.25) is 0 Å². The molecule has 146 valence electrons. The number of hydrogen-bond donors (Lipinski definition) is 1. The van der Waals surface area contributed by atoms with E-state index in [4.69, 9.17) is 9.47 Å². The molecule has 3 aromatic carbocycles. The van der Waals surface area contributed by atoms with Crippen LogP contribution in [0.15, 0.2) is 66.7 Å². The third-order valence-electron chi connectivity index (χ3n) is 4.03. The third-order valence-corrected chi connectivity index (χ3v) is 4.03. The Morgan fingerprint density at radius 3 is 2.28 bits per heavy atom. The molecule has 0 fully saturated rings. The SMILES string of the molecule is CC(=O)Oc1ccccc1C(=O)Oc1cc(O)cc(/C=C/c2ccc(C)cc2)c1. The predicted octanol–water partition coefficient (Wildman–Crippen LogP) is 5.02. The van der Waals surface area contributed by atoms with Crippen molar-refractivity contribution in [1.29, 1.82) is 0 Å². The molecule has 0 bridgehead atoms. The highest BCUT2D eigenvalue weighted by Gasteiger charge is 2.16. The minimum absolute atomic E-state index is 0.0351. The number of carbonyl (C=O) groups is 2. The summed E-state index contributed by atoms with van der Waals surface area (Å²) in [6, 6.07) is 18.8. The topological polar surface area (TPSA) is 72.8 Å². The smallest absolute Gasteiger partial charge is 0.347 e. The molecule has 0 saturated carbocycles. The average Bonchev–Trinajstić information content (AvgIpc) is 2.67. The highest BCUT2D eigenvalue weighted by molar-refractivity contribution is 5.95. The first-order valence-corrected chi connectivity index (χ1v) is 8.99. The maximum absolute atomic E-state index is 12.5. The average molecular weight is 388 g/mol. The number of para-hydroxylation sites is 1. The lowest BCUT2D eigenvalue weighted by atomic mass is 10.1. The van der Waals surface area contributed by atoms with Crippen molar-refractivity contribution in [2.24, 2.45) is 0 Å². The van der Waals surface area contributed by atoms with Crippen LogP contribution in [-0.4, -0.2) is 17.0 Å². The lowest BCUT2D eigenvalue weighted by molar-refractivity contribution is -0.131. The van der Waals surface area contributed by atoms with Crippen LogP contribution < -0.4 is 9.47 Å². The second kappa shape index (κ2) is 8.89. The van der Waals surface area contributed by atoms with E-state index in [0.29, 0.717) is 5.56 Å². The monoisotopic (exact) mass is 388 g/mol. The first-order chi connectivity index (χ1) is 13.9. The molecule has 0 spiro atoms. The van der Waals surface area contributed by atoms with E-state index in [1.165, 1.54) is 30.7 Å². The molecule has 0 heterocycles. The zero-order valence-electron chi connectivity index (χ0n) is 16.1. The lowest BCUT2D eigenvalue weighted by Crippen LogP contribution is -2.12. The van der Waals surface area contributed by atoms with E-state index in [1.54, 1.807) is 24.3 Å². The Labute approximate surface area is 168 Å². The Hall–Kier alpha value is -3.86. The second-order valence-electron chi connectivity index (χ2n) is 6.48. The van der Waals surface area contributed by atoms with Crippen LogP contribution in [0.25, 0.3) is 12.2 Å². The molecular formula is C24H20O5. The van der Waals surface area contributed by atoms with Crippen molar-refractivity contribution < 1.29 is 24.2 Å². The maximum atomic E-state index is 12.5. The normalized spacial score (nSPS) is 10.7. The van der Waals surface area contributed by atoms with Gasteiger partial charge in [-0.25, -0.2) is 4.79 Å². The van der Waals surface area contributed by atoms with Crippen LogP contribution in [0.3, 0.4) is 0 Å². The summed E-state index contributed by atoms with van der Waals surface area (Å²) < 4.78 is 10.4. The van der Waals surface area contributed by atoms with Crippen molar-refractivity contribution in [3.63, 3.8) is 0 Å². The fourth-order valence-electron chi connectivity index (χ4n) is 2.67. The summed E-state index contributed by atoms with van der Waals surface area (Å²) >= 11 is 0. The van der Waals surface area contributed by atoms with Crippen LogP contribution in [0.5, 0.6) is 17.2 Å². The van der Waals surface area contributed by atoms with Gasteiger partial charge in [0.25, 0.3) is 0 Å². The van der Waals surface area contributed by atoms with Crippen LogP contribution in [0.4, 0.5) is 0 Å². The van der Waals surface area contributed by atoms with Crippen LogP contribution in [0.1, 0.15) is 34.0 Å². The summed E-state index contributed by atoms with van der Waals surface area (Å²) in [6.07, 6.45) is 3.71. The van der Waals surface area contributed by atoms with Crippen LogP contribution in [-0.2, 0) is 4.79 Å². The van der Waals surface area contributed by atoms with Gasteiger partial charge in [-0.3, -0.25) is 4.79 Å². The van der Waals surface area contributed by atoms with Gasteiger partial charge in [-0.15, -0.1) is 0 Å². The summed E-state index contributed by atoms with van der Waals surface area (Å²) in [5.74, 6) is -0.972. The molecule has 29 heavy (non-hydrogen) atoms. The first-order valence-electron chi connectivity index (χ1n) is 8.99. The molecule has 0 atom stereocenters. The minimum atomic E-state index is -0.694. The van der Waals surface area contributed by atoms with Gasteiger partial charge in [-0.05, 0) is 42.3 Å². The van der Waals surface area contributed by atoms with Gasteiger partial charge in [-0.1, -0.05) is 54.1 Å². The fourth-order valence-corrected chi connectivity index (χ4v) is 2.67. The molecule has 3 rings (SSSR count). The molecule has 3 aromatic rings. The Morgan fingerprint density at radius 2 is 1.55 bits per heavy atom. The molecular weight excluding hydrogens is 368 g/mol. The number of rotatable bonds is 5. The molecule has 0 saturated heterocycles. The van der Waals surface area contributed by atoms with Gasteiger partial charge >= 0.3 is 11.9 Å². The number of aromatic hydroxyl groups is 1. The van der Waals surface area contributed by atoms with Gasteiger partial charge in [0.1, 0.15) is 22.8 Å². The van der Waals surface area contributed by atoms with Crippen molar-refractivity contribution in [2.75, 3.05) is 0 Å². The summed E-state index contributed by atoms with van der Waals surface area (Å²) in [4.78, 5) is 23.8. The Bertz CT molecular complexity index is 1060. The second-order valence-corrected chi connectivity index (χ2v) is 6.48. The number of phenols is 1. The minimum Gasteiger partial charge on any atom is -0.508 e. The zero-order valence-corrected chi connectivity index (χ0v) is 16.1. The van der Waals surface area contributed by atoms with E-state index in [2.05, 4.69) is 0 Å². The number of esters is 2. The molecule has 1 N–H and O–H groups in total. The molecule has 5 heteroatoms. The van der Waals surface area contributed by atoms with Gasteiger partial charge in [0.15, 0.2) is 0 Å². The highest BCUT2D eigenvalue weighted by Crippen LogP contribution is 2.26. The largest absolute Gasteiger partial charge is 0.508 e. The lowest BCUT2D eigenvalue weighted by Gasteiger charge is -2.09. The summed E-state index contributed by atoms with van der Waals surface area (Å²) in [5, 5.41) is 9.99.